The number of hydrogen-bond donors (Lipinski definition) is 2. The van der Waals surface area contributed by atoms with Crippen molar-refractivity contribution in [2.75, 3.05) is 0 Å². The maximum atomic E-state index is 11.8. The van der Waals surface area contributed by atoms with Crippen LogP contribution in [-0.4, -0.2) is 17.4 Å². The van der Waals surface area contributed by atoms with Crippen molar-refractivity contribution in [3.63, 3.8) is 0 Å². The second-order valence-corrected chi connectivity index (χ2v) is 7.12. The quantitative estimate of drug-likeness (QED) is 0.744. The number of amides is 2. The fourth-order valence-corrected chi connectivity index (χ4v) is 2.95. The highest BCUT2D eigenvalue weighted by Crippen LogP contribution is 2.38. The van der Waals surface area contributed by atoms with E-state index in [1.165, 1.54) is 0 Å². The monoisotopic (exact) mass is 250 g/mol. The zero-order valence-corrected chi connectivity index (χ0v) is 11.8. The van der Waals surface area contributed by atoms with Crippen LogP contribution in [0.25, 0.3) is 0 Å². The second-order valence-electron chi connectivity index (χ2n) is 7.12. The summed E-state index contributed by atoms with van der Waals surface area (Å²) in [5.74, 6) is 0.131. The molecule has 0 aliphatic carbocycles. The van der Waals surface area contributed by atoms with Gasteiger partial charge in [-0.3, -0.25) is 9.59 Å². The third-order valence-corrected chi connectivity index (χ3v) is 3.84. The molecule has 18 heavy (non-hydrogen) atoms. The maximum Gasteiger partial charge on any atom is 0.230 e. The third kappa shape index (κ3) is 2.16. The highest BCUT2D eigenvalue weighted by atomic mass is 16.2. The van der Waals surface area contributed by atoms with Crippen molar-refractivity contribution in [1.82, 2.24) is 10.6 Å². The summed E-state index contributed by atoms with van der Waals surface area (Å²) in [6.45, 7) is 9.77. The Morgan fingerprint density at radius 3 is 2.00 bits per heavy atom. The Bertz CT molecular complexity index is 449. The van der Waals surface area contributed by atoms with E-state index in [-0.39, 0.29) is 28.2 Å². The van der Waals surface area contributed by atoms with Crippen LogP contribution in [0.2, 0.25) is 0 Å². The van der Waals surface area contributed by atoms with E-state index >= 15 is 0 Å². The summed E-state index contributed by atoms with van der Waals surface area (Å²) in [5, 5.41) is 5.93. The van der Waals surface area contributed by atoms with Crippen molar-refractivity contribution in [2.45, 2.75) is 53.0 Å². The average molecular weight is 250 g/mol. The molecule has 2 amide bonds. The highest BCUT2D eigenvalue weighted by Gasteiger charge is 2.46. The molecule has 0 saturated carbocycles. The zero-order valence-electron chi connectivity index (χ0n) is 11.8. The van der Waals surface area contributed by atoms with Gasteiger partial charge in [0.05, 0.1) is 5.54 Å². The molecule has 0 spiro atoms. The molecule has 100 valence electrons. The fraction of sp³-hybridized carbons (Fsp3) is 0.714. The van der Waals surface area contributed by atoms with Crippen molar-refractivity contribution < 1.29 is 9.59 Å². The average Bonchev–Trinajstić information content (AvgIpc) is 2.47. The molecule has 0 aromatic heterocycles. The summed E-state index contributed by atoms with van der Waals surface area (Å²) in [4.78, 5) is 23.6. The summed E-state index contributed by atoms with van der Waals surface area (Å²) in [6, 6.07) is 0. The van der Waals surface area contributed by atoms with Gasteiger partial charge in [-0.2, -0.15) is 0 Å². The van der Waals surface area contributed by atoms with Gasteiger partial charge in [-0.15, -0.1) is 0 Å². The molecule has 2 aliphatic rings. The normalized spacial score (nSPS) is 35.7. The molecular formula is C14H22N2O2. The maximum absolute atomic E-state index is 11.8. The van der Waals surface area contributed by atoms with Crippen molar-refractivity contribution in [3.05, 3.63) is 11.8 Å². The van der Waals surface area contributed by atoms with Gasteiger partial charge in [-0.05, 0) is 19.4 Å². The van der Waals surface area contributed by atoms with Crippen molar-refractivity contribution in [3.8, 4) is 0 Å². The van der Waals surface area contributed by atoms with Gasteiger partial charge in [0.15, 0.2) is 0 Å². The predicted molar refractivity (Wildman–Crippen MR) is 69.6 cm³/mol. The number of nitrogens with one attached hydrogen (secondary N) is 2. The van der Waals surface area contributed by atoms with Crippen LogP contribution in [0, 0.1) is 10.8 Å². The topological polar surface area (TPSA) is 58.2 Å². The Morgan fingerprint density at radius 1 is 1.00 bits per heavy atom. The highest BCUT2D eigenvalue weighted by molar-refractivity contribution is 5.87. The van der Waals surface area contributed by atoms with Crippen LogP contribution < -0.4 is 10.6 Å². The summed E-state index contributed by atoms with van der Waals surface area (Å²) >= 11 is 0. The molecular weight excluding hydrogens is 228 g/mol. The Balaban J connectivity index is 2.21. The Kier molecular flexibility index (Phi) is 2.62. The third-order valence-electron chi connectivity index (χ3n) is 3.84. The van der Waals surface area contributed by atoms with Crippen molar-refractivity contribution in [2.24, 2.45) is 10.8 Å². The predicted octanol–water partition coefficient (Wildman–Crippen LogP) is 1.72. The summed E-state index contributed by atoms with van der Waals surface area (Å²) in [5.41, 5.74) is -0.126. The molecule has 0 bridgehead atoms. The molecule has 2 rings (SSSR count). The van der Waals surface area contributed by atoms with Crippen molar-refractivity contribution in [1.29, 1.82) is 0 Å². The lowest BCUT2D eigenvalue weighted by atomic mass is 9.83. The molecule has 1 unspecified atom stereocenters. The lowest BCUT2D eigenvalue weighted by Gasteiger charge is -2.21. The largest absolute Gasteiger partial charge is 0.347 e. The van der Waals surface area contributed by atoms with Crippen molar-refractivity contribution >= 4 is 11.8 Å². The Hall–Kier alpha value is -1.32. The fourth-order valence-electron chi connectivity index (χ4n) is 2.95. The first-order chi connectivity index (χ1) is 8.04. The van der Waals surface area contributed by atoms with E-state index in [1.54, 1.807) is 0 Å². The minimum absolute atomic E-state index is 0.0564. The SMILES string of the molecule is CC1(/C=C2\CC(C)(C)C(=O)N2)CC(C)(C)C(=O)N1. The van der Waals surface area contributed by atoms with Gasteiger partial charge in [0, 0.05) is 22.9 Å². The summed E-state index contributed by atoms with van der Waals surface area (Å²) in [7, 11) is 0. The van der Waals surface area contributed by atoms with Gasteiger partial charge < -0.3 is 10.6 Å². The zero-order chi connectivity index (χ0) is 13.8. The minimum atomic E-state index is -0.358. The molecule has 2 heterocycles. The number of hydrogen-bond acceptors (Lipinski definition) is 2. The van der Waals surface area contributed by atoms with Crippen LogP contribution in [0.4, 0.5) is 0 Å². The lowest BCUT2D eigenvalue weighted by Crippen LogP contribution is -2.37. The van der Waals surface area contributed by atoms with Crippen LogP contribution in [0.3, 0.4) is 0 Å². The van der Waals surface area contributed by atoms with Gasteiger partial charge in [0.2, 0.25) is 11.8 Å². The molecule has 0 radical (unpaired) electrons. The van der Waals surface area contributed by atoms with Gasteiger partial charge in [-0.25, -0.2) is 0 Å². The van der Waals surface area contributed by atoms with E-state index in [0.717, 1.165) is 12.1 Å². The minimum Gasteiger partial charge on any atom is -0.347 e. The first-order valence-corrected chi connectivity index (χ1v) is 6.40. The molecule has 1 atom stereocenters. The first kappa shape index (κ1) is 13.1. The van der Waals surface area contributed by atoms with Gasteiger partial charge >= 0.3 is 0 Å². The van der Waals surface area contributed by atoms with Crippen LogP contribution >= 0.6 is 0 Å². The Morgan fingerprint density at radius 2 is 1.61 bits per heavy atom. The van der Waals surface area contributed by atoms with Gasteiger partial charge in [-0.1, -0.05) is 27.7 Å². The summed E-state index contributed by atoms with van der Waals surface area (Å²) < 4.78 is 0. The molecule has 2 aliphatic heterocycles. The van der Waals surface area contributed by atoms with E-state index in [2.05, 4.69) is 10.6 Å². The molecule has 0 aromatic carbocycles. The molecule has 2 N–H and O–H groups in total. The Labute approximate surface area is 108 Å². The van der Waals surface area contributed by atoms with Crippen LogP contribution in [-0.2, 0) is 9.59 Å². The number of rotatable bonds is 1. The molecule has 2 saturated heterocycles. The number of allylic oxidation sites excluding steroid dienone is 1. The van der Waals surface area contributed by atoms with E-state index in [0.29, 0.717) is 6.42 Å². The second kappa shape index (κ2) is 3.59. The van der Waals surface area contributed by atoms with E-state index in [9.17, 15) is 9.59 Å². The standard InChI is InChI=1S/C14H22N2O2/c1-12(2)6-9(15-10(12)17)7-14(5)8-13(3,4)11(18)16-14/h7H,6,8H2,1-5H3,(H,15,17)(H,16,18)/b9-7+. The lowest BCUT2D eigenvalue weighted by molar-refractivity contribution is -0.126. The summed E-state index contributed by atoms with van der Waals surface area (Å²) in [6.07, 6.45) is 3.46. The molecule has 4 heteroatoms. The molecule has 4 nitrogen and oxygen atoms in total. The van der Waals surface area contributed by atoms with Crippen LogP contribution in [0.15, 0.2) is 11.8 Å². The van der Waals surface area contributed by atoms with Crippen LogP contribution in [0.1, 0.15) is 47.5 Å². The van der Waals surface area contributed by atoms with Crippen LogP contribution in [0.5, 0.6) is 0 Å². The molecule has 0 aromatic rings. The van der Waals surface area contributed by atoms with Gasteiger partial charge in [0.1, 0.15) is 0 Å². The van der Waals surface area contributed by atoms with E-state index in [4.69, 9.17) is 0 Å². The first-order valence-electron chi connectivity index (χ1n) is 6.40. The number of carbonyl (C=O) groups excluding carboxylic acids is 2. The smallest absolute Gasteiger partial charge is 0.230 e. The molecule has 2 fully saturated rings. The van der Waals surface area contributed by atoms with E-state index in [1.807, 2.05) is 40.7 Å². The van der Waals surface area contributed by atoms with Gasteiger partial charge in [0.25, 0.3) is 0 Å². The number of carbonyl (C=O) groups is 2. The van der Waals surface area contributed by atoms with E-state index < -0.39 is 0 Å².